The first-order valence-corrected chi connectivity index (χ1v) is 19.2. The van der Waals surface area contributed by atoms with Crippen LogP contribution in [-0.2, 0) is 25.9 Å². The Balaban J connectivity index is 1.09. The molecule has 0 saturated carbocycles. The summed E-state index contributed by atoms with van der Waals surface area (Å²) >= 11 is 1.69. The third-order valence-electron chi connectivity index (χ3n) is 11.5. The molecule has 0 amide bonds. The average molecular weight is 678 g/mol. The summed E-state index contributed by atoms with van der Waals surface area (Å²) < 4.78 is 4.44. The highest BCUT2D eigenvalue weighted by atomic mass is 32.2. The largest absolute Gasteiger partial charge is 0.326 e. The van der Waals surface area contributed by atoms with E-state index in [9.17, 15) is 4.79 Å². The predicted octanol–water partition coefficient (Wildman–Crippen LogP) is 7.85. The second kappa shape index (κ2) is 13.3. The first-order valence-electron chi connectivity index (χ1n) is 18.2. The summed E-state index contributed by atoms with van der Waals surface area (Å²) in [7, 11) is 0. The zero-order valence-electron chi connectivity index (χ0n) is 28.6. The number of piperidine rings is 1. The molecule has 6 aromatic rings. The number of para-hydroxylation sites is 2. The Morgan fingerprint density at radius 2 is 1.54 bits per heavy atom. The summed E-state index contributed by atoms with van der Waals surface area (Å²) in [4.78, 5) is 26.5. The molecule has 3 aliphatic heterocycles. The lowest BCUT2D eigenvalue weighted by Gasteiger charge is -2.42. The van der Waals surface area contributed by atoms with Crippen molar-refractivity contribution in [3.05, 3.63) is 159 Å². The van der Waals surface area contributed by atoms with Gasteiger partial charge in [0.05, 0.1) is 11.0 Å². The van der Waals surface area contributed by atoms with Crippen LogP contribution in [-0.4, -0.2) is 48.9 Å². The Kier molecular flexibility index (Phi) is 8.41. The van der Waals surface area contributed by atoms with E-state index in [2.05, 4.69) is 119 Å². The molecule has 1 fully saturated rings. The fourth-order valence-corrected chi connectivity index (χ4v) is 10.1. The fourth-order valence-electron chi connectivity index (χ4n) is 9.07. The van der Waals surface area contributed by atoms with Crippen LogP contribution in [0.4, 0.5) is 0 Å². The molecule has 2 aromatic heterocycles. The van der Waals surface area contributed by atoms with Crippen molar-refractivity contribution in [1.82, 2.24) is 24.0 Å². The van der Waals surface area contributed by atoms with E-state index in [0.717, 1.165) is 79.5 Å². The van der Waals surface area contributed by atoms with E-state index in [-0.39, 0.29) is 17.4 Å². The smallest absolute Gasteiger partial charge is 0.257 e. The van der Waals surface area contributed by atoms with Crippen LogP contribution in [0.3, 0.4) is 0 Å². The summed E-state index contributed by atoms with van der Waals surface area (Å²) in [6.07, 6.45) is 3.88. The van der Waals surface area contributed by atoms with Crippen LogP contribution in [0.15, 0.2) is 119 Å². The highest BCUT2D eigenvalue weighted by Gasteiger charge is 2.40. The maximum atomic E-state index is 13.5. The van der Waals surface area contributed by atoms with E-state index in [1.165, 1.54) is 33.6 Å². The number of rotatable bonds is 7. The highest BCUT2D eigenvalue weighted by molar-refractivity contribution is 7.99. The first kappa shape index (κ1) is 31.5. The van der Waals surface area contributed by atoms with Gasteiger partial charge in [-0.05, 0) is 79.5 Å². The van der Waals surface area contributed by atoms with Gasteiger partial charge in [0.25, 0.3) is 5.56 Å². The second-order valence-corrected chi connectivity index (χ2v) is 15.4. The van der Waals surface area contributed by atoms with Gasteiger partial charge in [0.1, 0.15) is 5.82 Å². The Bertz CT molecular complexity index is 2210. The molecule has 4 atom stereocenters. The van der Waals surface area contributed by atoms with E-state index in [1.807, 2.05) is 11.5 Å². The zero-order valence-corrected chi connectivity index (χ0v) is 29.4. The molecule has 1 saturated heterocycles. The van der Waals surface area contributed by atoms with Crippen molar-refractivity contribution in [2.75, 3.05) is 18.8 Å². The summed E-state index contributed by atoms with van der Waals surface area (Å²) in [6.45, 7) is 5.52. The number of hydrogen-bond acceptors (Lipinski definition) is 5. The number of benzene rings is 4. The molecule has 7 heteroatoms. The quantitative estimate of drug-likeness (QED) is 0.161. The van der Waals surface area contributed by atoms with E-state index >= 15 is 0 Å². The van der Waals surface area contributed by atoms with Crippen molar-refractivity contribution in [3.63, 3.8) is 0 Å². The van der Waals surface area contributed by atoms with Gasteiger partial charge in [-0.15, -0.1) is 0 Å². The van der Waals surface area contributed by atoms with E-state index < -0.39 is 0 Å². The number of imidazole rings is 1. The molecule has 0 aliphatic carbocycles. The molecule has 9 rings (SSSR count). The van der Waals surface area contributed by atoms with Crippen molar-refractivity contribution in [3.8, 4) is 0 Å². The lowest BCUT2D eigenvalue weighted by atomic mass is 9.74. The van der Waals surface area contributed by atoms with Crippen molar-refractivity contribution in [2.24, 2.45) is 5.92 Å². The molecular formula is C43H43N5OS. The predicted molar refractivity (Wildman–Crippen MR) is 202 cm³/mol. The van der Waals surface area contributed by atoms with Gasteiger partial charge in [-0.25, -0.2) is 9.97 Å². The van der Waals surface area contributed by atoms with Crippen molar-refractivity contribution < 1.29 is 0 Å². The van der Waals surface area contributed by atoms with E-state index in [4.69, 9.17) is 9.97 Å². The molecule has 3 aliphatic rings. The number of aromatic nitrogens is 4. The minimum absolute atomic E-state index is 0.161. The van der Waals surface area contributed by atoms with Gasteiger partial charge >= 0.3 is 0 Å². The number of likely N-dealkylation sites (tertiary alicyclic amines) is 1. The van der Waals surface area contributed by atoms with Gasteiger partial charge in [-0.1, -0.05) is 109 Å². The lowest BCUT2D eigenvalue weighted by molar-refractivity contribution is 0.104. The van der Waals surface area contributed by atoms with Gasteiger partial charge in [0.2, 0.25) is 0 Å². The van der Waals surface area contributed by atoms with Crippen LogP contribution in [0.1, 0.15) is 64.0 Å². The van der Waals surface area contributed by atoms with E-state index in [0.29, 0.717) is 12.0 Å². The molecule has 0 N–H and O–H groups in total. The number of fused-ring (bicyclic) bond motifs is 5. The minimum Gasteiger partial charge on any atom is -0.326 e. The van der Waals surface area contributed by atoms with Crippen molar-refractivity contribution >= 4 is 22.8 Å². The van der Waals surface area contributed by atoms with Crippen LogP contribution in [0.2, 0.25) is 0 Å². The molecule has 252 valence electrons. The Morgan fingerprint density at radius 1 is 0.800 bits per heavy atom. The van der Waals surface area contributed by atoms with Crippen molar-refractivity contribution in [1.29, 1.82) is 0 Å². The normalized spacial score (nSPS) is 21.8. The summed E-state index contributed by atoms with van der Waals surface area (Å²) in [5.74, 6) is 3.01. The van der Waals surface area contributed by atoms with Gasteiger partial charge in [0, 0.05) is 54.5 Å². The van der Waals surface area contributed by atoms with Crippen LogP contribution in [0.5, 0.6) is 0 Å². The monoisotopic (exact) mass is 677 g/mol. The Morgan fingerprint density at radius 3 is 2.38 bits per heavy atom. The summed E-state index contributed by atoms with van der Waals surface area (Å²) in [5.41, 5.74) is 9.83. The number of nitrogens with zero attached hydrogens (tertiary/aromatic N) is 5. The van der Waals surface area contributed by atoms with Gasteiger partial charge < -0.3 is 4.57 Å². The van der Waals surface area contributed by atoms with Gasteiger partial charge in [0.15, 0.2) is 5.16 Å². The minimum atomic E-state index is 0.161. The van der Waals surface area contributed by atoms with Crippen LogP contribution in [0.25, 0.3) is 11.0 Å². The molecule has 4 unspecified atom stereocenters. The molecule has 0 radical (unpaired) electrons. The SMILES string of the molecule is Cc1nc2n(c(=O)c1CCN1CCC(C3c4ccccc4C(c4ccccc4)Cn4c3nc3ccccc34)CC1Cc1ccccc1)CCS2. The molecule has 4 aromatic carbocycles. The van der Waals surface area contributed by atoms with E-state index in [1.54, 1.807) is 11.8 Å². The molecule has 0 spiro atoms. The van der Waals surface area contributed by atoms with Crippen LogP contribution < -0.4 is 5.56 Å². The number of hydrogen-bond donors (Lipinski definition) is 0. The number of aryl methyl sites for hydroxylation is 1. The maximum absolute atomic E-state index is 13.5. The third-order valence-corrected chi connectivity index (χ3v) is 12.5. The molecule has 6 nitrogen and oxygen atoms in total. The summed E-state index contributed by atoms with van der Waals surface area (Å²) in [6, 6.07) is 40.3. The second-order valence-electron chi connectivity index (χ2n) is 14.3. The molecular weight excluding hydrogens is 635 g/mol. The van der Waals surface area contributed by atoms with Gasteiger partial charge in [-0.3, -0.25) is 14.3 Å². The Labute approximate surface area is 298 Å². The average Bonchev–Trinajstić information content (AvgIpc) is 3.74. The number of thioether (sulfide) groups is 1. The Hall–Kier alpha value is -4.46. The lowest BCUT2D eigenvalue weighted by Crippen LogP contribution is -2.46. The fraction of sp³-hybridized carbons (Fsp3) is 0.326. The molecule has 0 bridgehead atoms. The zero-order chi connectivity index (χ0) is 33.6. The third kappa shape index (κ3) is 5.70. The van der Waals surface area contributed by atoms with Crippen molar-refractivity contribution in [2.45, 2.75) is 68.7 Å². The maximum Gasteiger partial charge on any atom is 0.257 e. The van der Waals surface area contributed by atoms with Crippen LogP contribution >= 0.6 is 11.8 Å². The summed E-state index contributed by atoms with van der Waals surface area (Å²) in [5, 5.41) is 0.878. The highest BCUT2D eigenvalue weighted by Crippen LogP contribution is 2.47. The molecule has 50 heavy (non-hydrogen) atoms. The first-order chi connectivity index (χ1) is 24.6. The van der Waals surface area contributed by atoms with Gasteiger partial charge in [-0.2, -0.15) is 0 Å². The standard InChI is InChI=1S/C43H43N5OS/c1-29-34(42(49)47-24-25-50-43(47)44-29)21-23-46-22-20-32(27-33(46)26-30-12-4-2-5-13-30)40-36-17-9-8-16-35(36)37(31-14-6-3-7-15-31)28-48-39-19-11-10-18-38(39)45-41(40)48/h2-19,32-33,37,40H,20-28H2,1H3. The van der Waals surface area contributed by atoms with Crippen LogP contribution in [0, 0.1) is 12.8 Å². The topological polar surface area (TPSA) is 56.0 Å². The molecule has 5 heterocycles.